The Bertz CT molecular complexity index is 3080. The van der Waals surface area contributed by atoms with Crippen LogP contribution >= 0.6 is 7.14 Å². The first-order valence-corrected chi connectivity index (χ1v) is 24.1. The summed E-state index contributed by atoms with van der Waals surface area (Å²) in [6.45, 7) is 3.67. The van der Waals surface area contributed by atoms with E-state index in [1.54, 1.807) is 0 Å². The van der Waals surface area contributed by atoms with E-state index in [4.69, 9.17) is 15.0 Å². The zero-order valence-electron chi connectivity index (χ0n) is 34.5. The molecule has 1 heterocycles. The molecule has 0 saturated heterocycles. The second-order valence-corrected chi connectivity index (χ2v) is 20.7. The number of aromatic nitrogens is 3. The maximum Gasteiger partial charge on any atom is 0.165 e. The predicted molar refractivity (Wildman–Crippen MR) is 254 cm³/mol. The normalized spacial score (nSPS) is 18.5. The lowest BCUT2D eigenvalue weighted by molar-refractivity contribution is 0.320. The largest absolute Gasteiger partial charge is 0.319 e. The van der Waals surface area contributed by atoms with Gasteiger partial charge in [0.2, 0.25) is 0 Å². The van der Waals surface area contributed by atoms with Crippen LogP contribution in [0.25, 0.3) is 78.0 Å². The van der Waals surface area contributed by atoms with Gasteiger partial charge in [-0.05, 0) is 99.4 Å². The molecule has 9 aromatic rings. The number of fused-ring (bicyclic) bond motifs is 4. The van der Waals surface area contributed by atoms with Gasteiger partial charge < -0.3 is 4.57 Å². The molecule has 2 aliphatic rings. The third-order valence-electron chi connectivity index (χ3n) is 13.6. The Labute approximate surface area is 357 Å². The van der Waals surface area contributed by atoms with Gasteiger partial charge in [0.1, 0.15) is 7.14 Å². The van der Waals surface area contributed by atoms with Gasteiger partial charge in [0.25, 0.3) is 0 Å². The van der Waals surface area contributed by atoms with Crippen molar-refractivity contribution in [2.75, 3.05) is 13.3 Å². The van der Waals surface area contributed by atoms with E-state index in [1.165, 1.54) is 57.9 Å². The fourth-order valence-corrected chi connectivity index (χ4v) is 11.6. The Morgan fingerprint density at radius 1 is 0.459 bits per heavy atom. The van der Waals surface area contributed by atoms with Crippen LogP contribution in [0.3, 0.4) is 0 Å². The second-order valence-electron chi connectivity index (χ2n) is 17.5. The van der Waals surface area contributed by atoms with Crippen LogP contribution in [0.2, 0.25) is 0 Å². The van der Waals surface area contributed by atoms with Crippen molar-refractivity contribution in [1.82, 2.24) is 15.0 Å². The zero-order chi connectivity index (χ0) is 41.1. The van der Waals surface area contributed by atoms with Crippen molar-refractivity contribution in [2.45, 2.75) is 31.1 Å². The molecule has 0 N–H and O–H groups in total. The van der Waals surface area contributed by atoms with Gasteiger partial charge in [0, 0.05) is 27.4 Å². The summed E-state index contributed by atoms with van der Waals surface area (Å²) in [7, 11) is -2.32. The number of benzene rings is 8. The number of rotatable bonds is 8. The van der Waals surface area contributed by atoms with Gasteiger partial charge in [-0.2, -0.15) is 0 Å². The zero-order valence-corrected chi connectivity index (χ0v) is 35.4. The van der Waals surface area contributed by atoms with E-state index < -0.39 is 7.14 Å². The Kier molecular flexibility index (Phi) is 9.17. The molecule has 11 rings (SSSR count). The maximum atomic E-state index is 12.8. The fraction of sp³-hybridized carbons (Fsp3) is 0.161. The number of hydrogen-bond acceptors (Lipinski definition) is 4. The standard InChI is InChI=1S/C56H46N3OP/c1-61(2,60)46-32-27-38(28-33-46)42-18-13-19-44(35-42)56(36-37-24-29-45(56)34-37)43-30-25-41(26-31-43)54-57-53(40-16-7-4-8-17-40)58-55(59-54)52-49-22-11-9-20-47(49)51(39-14-5-3-6-15-39)48-21-10-12-23-50(48)52/h3-23,25-28,30-33,35,37,45H,24,29,34,36H2,1-2H3. The fourth-order valence-electron chi connectivity index (χ4n) is 10.7. The molecule has 1 aromatic heterocycles. The minimum Gasteiger partial charge on any atom is -0.319 e. The van der Waals surface area contributed by atoms with Crippen LogP contribution in [0.15, 0.2) is 182 Å². The topological polar surface area (TPSA) is 55.7 Å². The lowest BCUT2D eigenvalue weighted by atomic mass is 9.64. The average Bonchev–Trinajstić information content (AvgIpc) is 3.94. The molecule has 296 valence electrons. The molecular formula is C56H46N3OP. The summed E-state index contributed by atoms with van der Waals surface area (Å²) < 4.78 is 12.8. The van der Waals surface area contributed by atoms with Crippen LogP contribution in [0.4, 0.5) is 0 Å². The Balaban J connectivity index is 1.05. The SMILES string of the molecule is CP(C)(=O)c1ccc(-c2cccc(C3(c4ccc(-c5nc(-c6ccccc6)nc(-c6c7ccccc7c(-c7ccccc7)c7ccccc67)n5)cc4)CC4CCC3C4)c2)cc1. The average molecular weight is 808 g/mol. The summed E-state index contributed by atoms with van der Waals surface area (Å²) in [5.74, 6) is 3.29. The molecule has 8 aromatic carbocycles. The number of hydrogen-bond donors (Lipinski definition) is 0. The van der Waals surface area contributed by atoms with E-state index in [0.29, 0.717) is 23.4 Å². The molecule has 0 aliphatic heterocycles. The summed E-state index contributed by atoms with van der Waals surface area (Å²) in [6.07, 6.45) is 4.98. The first-order chi connectivity index (χ1) is 29.8. The lowest BCUT2D eigenvalue weighted by Gasteiger charge is -2.39. The van der Waals surface area contributed by atoms with E-state index in [9.17, 15) is 4.57 Å². The molecule has 0 spiro atoms. The molecule has 5 heteroatoms. The Morgan fingerprint density at radius 2 is 0.967 bits per heavy atom. The molecular weight excluding hydrogens is 762 g/mol. The second kappa shape index (κ2) is 14.9. The Hall–Kier alpha value is -6.48. The molecule has 3 atom stereocenters. The van der Waals surface area contributed by atoms with Crippen molar-refractivity contribution >= 4 is 34.0 Å². The van der Waals surface area contributed by atoms with Crippen molar-refractivity contribution in [3.63, 3.8) is 0 Å². The summed E-state index contributed by atoms with van der Waals surface area (Å²) in [5, 5.41) is 5.47. The highest BCUT2D eigenvalue weighted by atomic mass is 31.2. The van der Waals surface area contributed by atoms with Crippen LogP contribution < -0.4 is 5.30 Å². The van der Waals surface area contributed by atoms with Crippen LogP contribution in [0.1, 0.15) is 36.8 Å². The van der Waals surface area contributed by atoms with Gasteiger partial charge >= 0.3 is 0 Å². The van der Waals surface area contributed by atoms with Crippen molar-refractivity contribution in [2.24, 2.45) is 11.8 Å². The third kappa shape index (κ3) is 6.53. The molecule has 0 amide bonds. The first kappa shape index (κ1) is 37.5. The van der Waals surface area contributed by atoms with E-state index in [0.717, 1.165) is 50.7 Å². The van der Waals surface area contributed by atoms with Crippen LogP contribution in [-0.2, 0) is 9.98 Å². The molecule has 0 radical (unpaired) electrons. The minimum atomic E-state index is -2.32. The van der Waals surface area contributed by atoms with Gasteiger partial charge in [-0.15, -0.1) is 0 Å². The van der Waals surface area contributed by atoms with Crippen LogP contribution in [0.5, 0.6) is 0 Å². The van der Waals surface area contributed by atoms with E-state index >= 15 is 0 Å². The molecule has 61 heavy (non-hydrogen) atoms. The van der Waals surface area contributed by atoms with Gasteiger partial charge in [-0.3, -0.25) is 0 Å². The first-order valence-electron chi connectivity index (χ1n) is 21.5. The Morgan fingerprint density at radius 3 is 1.52 bits per heavy atom. The smallest absolute Gasteiger partial charge is 0.165 e. The molecule has 2 saturated carbocycles. The van der Waals surface area contributed by atoms with Crippen molar-refractivity contribution < 1.29 is 4.57 Å². The molecule has 3 unspecified atom stereocenters. The van der Waals surface area contributed by atoms with Crippen LogP contribution in [-0.4, -0.2) is 28.3 Å². The maximum absolute atomic E-state index is 12.8. The predicted octanol–water partition coefficient (Wildman–Crippen LogP) is 13.9. The van der Waals surface area contributed by atoms with E-state index in [-0.39, 0.29) is 5.41 Å². The van der Waals surface area contributed by atoms with Crippen molar-refractivity contribution in [3.8, 4) is 56.4 Å². The van der Waals surface area contributed by atoms with E-state index in [1.807, 2.05) is 43.7 Å². The highest BCUT2D eigenvalue weighted by Crippen LogP contribution is 2.60. The highest BCUT2D eigenvalue weighted by Gasteiger charge is 2.52. The van der Waals surface area contributed by atoms with Gasteiger partial charge in [0.15, 0.2) is 17.5 Å². The molecule has 4 nitrogen and oxygen atoms in total. The monoisotopic (exact) mass is 807 g/mol. The van der Waals surface area contributed by atoms with Gasteiger partial charge in [-0.25, -0.2) is 15.0 Å². The summed E-state index contributed by atoms with van der Waals surface area (Å²) >= 11 is 0. The van der Waals surface area contributed by atoms with Gasteiger partial charge in [0.05, 0.1) is 0 Å². The summed E-state index contributed by atoms with van der Waals surface area (Å²) in [4.78, 5) is 15.8. The highest BCUT2D eigenvalue weighted by molar-refractivity contribution is 7.70. The third-order valence-corrected chi connectivity index (χ3v) is 15.1. The summed E-state index contributed by atoms with van der Waals surface area (Å²) in [6, 6.07) is 65.0. The quantitative estimate of drug-likeness (QED) is 0.113. The van der Waals surface area contributed by atoms with E-state index in [2.05, 4.69) is 152 Å². The molecule has 2 bridgehead atoms. The van der Waals surface area contributed by atoms with Crippen LogP contribution in [0, 0.1) is 11.8 Å². The minimum absolute atomic E-state index is 0.0717. The molecule has 2 fully saturated rings. The number of nitrogens with zero attached hydrogens (tertiary/aromatic N) is 3. The van der Waals surface area contributed by atoms with Crippen molar-refractivity contribution in [1.29, 1.82) is 0 Å². The summed E-state index contributed by atoms with van der Waals surface area (Å²) in [5.41, 5.74) is 10.4. The molecule has 2 aliphatic carbocycles. The van der Waals surface area contributed by atoms with Gasteiger partial charge in [-0.1, -0.05) is 188 Å². The lowest BCUT2D eigenvalue weighted by Crippen LogP contribution is -2.34. The van der Waals surface area contributed by atoms with Crippen molar-refractivity contribution in [3.05, 3.63) is 193 Å².